The molecule has 0 unspecified atom stereocenters. The molecule has 0 saturated carbocycles. The predicted octanol–water partition coefficient (Wildman–Crippen LogP) is 6.47. The molecule has 152 valence electrons. The molecule has 3 aromatic carbocycles. The highest BCUT2D eigenvalue weighted by atomic mass is 35.5. The quantitative estimate of drug-likeness (QED) is 0.360. The number of amides is 1. The van der Waals surface area contributed by atoms with Crippen molar-refractivity contribution >= 4 is 28.5 Å². The number of aryl methyl sites for hydroxylation is 2. The minimum absolute atomic E-state index is 0.0569. The Morgan fingerprint density at radius 2 is 1.50 bits per heavy atom. The molecule has 0 saturated heterocycles. The van der Waals surface area contributed by atoms with Gasteiger partial charge in [0.05, 0.1) is 12.7 Å². The molecule has 4 rings (SSSR count). The smallest absolute Gasteiger partial charge is 0.227 e. The van der Waals surface area contributed by atoms with Crippen LogP contribution in [-0.2, 0) is 24.3 Å². The highest BCUT2D eigenvalue weighted by Gasteiger charge is 2.20. The molecule has 4 heteroatoms. The normalized spacial score (nSPS) is 11.0. The van der Waals surface area contributed by atoms with Gasteiger partial charge in [0.15, 0.2) is 0 Å². The minimum Gasteiger partial charge on any atom is -0.464 e. The van der Waals surface area contributed by atoms with E-state index in [4.69, 9.17) is 16.0 Å². The highest BCUT2D eigenvalue weighted by Crippen LogP contribution is 2.33. The molecular formula is C26H24ClNO2. The van der Waals surface area contributed by atoms with Gasteiger partial charge in [0.1, 0.15) is 5.58 Å². The van der Waals surface area contributed by atoms with Crippen LogP contribution in [0.15, 0.2) is 77.4 Å². The monoisotopic (exact) mass is 417 g/mol. The van der Waals surface area contributed by atoms with Crippen molar-refractivity contribution in [2.75, 3.05) is 0 Å². The Bertz CT molecular complexity index is 1120. The Morgan fingerprint density at radius 1 is 0.933 bits per heavy atom. The van der Waals surface area contributed by atoms with Crippen molar-refractivity contribution in [1.82, 2.24) is 4.90 Å². The first-order chi connectivity index (χ1) is 14.5. The van der Waals surface area contributed by atoms with Gasteiger partial charge in [-0.2, -0.15) is 0 Å². The average molecular weight is 418 g/mol. The van der Waals surface area contributed by atoms with E-state index in [0.717, 1.165) is 43.8 Å². The summed E-state index contributed by atoms with van der Waals surface area (Å²) < 4.78 is 5.75. The predicted molar refractivity (Wildman–Crippen MR) is 122 cm³/mol. The number of rotatable bonds is 6. The maximum absolute atomic E-state index is 13.4. The van der Waals surface area contributed by atoms with Crippen LogP contribution in [0.5, 0.6) is 0 Å². The second-order valence-electron chi connectivity index (χ2n) is 7.66. The Hall–Kier alpha value is -3.04. The summed E-state index contributed by atoms with van der Waals surface area (Å²) in [7, 11) is 0. The van der Waals surface area contributed by atoms with Gasteiger partial charge in [0.25, 0.3) is 0 Å². The molecule has 0 spiro atoms. The maximum atomic E-state index is 13.4. The van der Waals surface area contributed by atoms with Gasteiger partial charge >= 0.3 is 0 Å². The minimum atomic E-state index is 0.0569. The van der Waals surface area contributed by atoms with E-state index in [1.165, 1.54) is 0 Å². The Labute approximate surface area is 181 Å². The first-order valence-electron chi connectivity index (χ1n) is 10.0. The van der Waals surface area contributed by atoms with Crippen LogP contribution in [0.4, 0.5) is 0 Å². The second-order valence-corrected chi connectivity index (χ2v) is 8.04. The van der Waals surface area contributed by atoms with Crippen LogP contribution in [0.25, 0.3) is 11.0 Å². The van der Waals surface area contributed by atoms with Crippen molar-refractivity contribution < 1.29 is 9.21 Å². The van der Waals surface area contributed by atoms with Crippen molar-refractivity contribution in [2.45, 2.75) is 33.4 Å². The van der Waals surface area contributed by atoms with Crippen LogP contribution in [0, 0.1) is 13.8 Å². The van der Waals surface area contributed by atoms with Gasteiger partial charge in [-0.25, -0.2) is 0 Å². The number of fused-ring (bicyclic) bond motifs is 1. The van der Waals surface area contributed by atoms with Crippen LogP contribution >= 0.6 is 11.6 Å². The largest absolute Gasteiger partial charge is 0.464 e. The van der Waals surface area contributed by atoms with Gasteiger partial charge in [-0.1, -0.05) is 72.3 Å². The summed E-state index contributed by atoms with van der Waals surface area (Å²) in [5.74, 6) is 0.0569. The number of halogens is 1. The van der Waals surface area contributed by atoms with Crippen LogP contribution < -0.4 is 0 Å². The van der Waals surface area contributed by atoms with Crippen LogP contribution in [0.1, 0.15) is 27.8 Å². The van der Waals surface area contributed by atoms with E-state index >= 15 is 0 Å². The summed E-state index contributed by atoms with van der Waals surface area (Å²) in [6, 6.07) is 22.1. The fraction of sp³-hybridized carbons (Fsp3) is 0.192. The maximum Gasteiger partial charge on any atom is 0.227 e. The number of hydrogen-bond acceptors (Lipinski definition) is 2. The molecule has 1 heterocycles. The van der Waals surface area contributed by atoms with Gasteiger partial charge < -0.3 is 9.32 Å². The van der Waals surface area contributed by atoms with Gasteiger partial charge in [-0.15, -0.1) is 0 Å². The summed E-state index contributed by atoms with van der Waals surface area (Å²) in [5, 5.41) is 1.67. The number of hydrogen-bond donors (Lipinski definition) is 0. The third-order valence-corrected chi connectivity index (χ3v) is 6.00. The first-order valence-corrected chi connectivity index (χ1v) is 10.4. The van der Waals surface area contributed by atoms with Crippen molar-refractivity contribution in [2.24, 2.45) is 0 Å². The van der Waals surface area contributed by atoms with Crippen LogP contribution in [0.3, 0.4) is 0 Å². The second kappa shape index (κ2) is 8.76. The molecule has 0 aliphatic rings. The SMILES string of the molecule is Cc1cc2occ(CC(=O)N(Cc3ccccc3)Cc3ccccc3)c2c(C)c1Cl. The van der Waals surface area contributed by atoms with Crippen molar-refractivity contribution in [3.8, 4) is 0 Å². The summed E-state index contributed by atoms with van der Waals surface area (Å²) in [4.78, 5) is 15.3. The molecule has 3 nitrogen and oxygen atoms in total. The Balaban J connectivity index is 1.63. The van der Waals surface area contributed by atoms with E-state index in [-0.39, 0.29) is 12.3 Å². The first kappa shape index (κ1) is 20.2. The number of carbonyl (C=O) groups excluding carboxylic acids is 1. The molecule has 0 aliphatic heterocycles. The molecule has 30 heavy (non-hydrogen) atoms. The number of carbonyl (C=O) groups is 1. The van der Waals surface area contributed by atoms with Gasteiger partial charge in [0.2, 0.25) is 5.91 Å². The summed E-state index contributed by atoms with van der Waals surface area (Å²) in [5.41, 5.74) is 5.79. The Morgan fingerprint density at radius 3 is 2.07 bits per heavy atom. The lowest BCUT2D eigenvalue weighted by Gasteiger charge is -2.23. The summed E-state index contributed by atoms with van der Waals surface area (Å²) in [6.45, 7) is 5.06. The lowest BCUT2D eigenvalue weighted by atomic mass is 10.0. The molecule has 0 radical (unpaired) electrons. The third-order valence-electron chi connectivity index (χ3n) is 5.42. The number of nitrogens with zero attached hydrogens (tertiary/aromatic N) is 1. The van der Waals surface area contributed by atoms with Crippen molar-refractivity contribution in [3.05, 3.63) is 106 Å². The molecule has 1 aromatic heterocycles. The molecular weight excluding hydrogens is 394 g/mol. The molecule has 1 amide bonds. The zero-order chi connectivity index (χ0) is 21.1. The number of furan rings is 1. The summed E-state index contributed by atoms with van der Waals surface area (Å²) in [6.07, 6.45) is 1.96. The van der Waals surface area contributed by atoms with E-state index < -0.39 is 0 Å². The van der Waals surface area contributed by atoms with E-state index in [1.807, 2.05) is 85.5 Å². The molecule has 0 aliphatic carbocycles. The highest BCUT2D eigenvalue weighted by molar-refractivity contribution is 6.33. The van der Waals surface area contributed by atoms with E-state index in [1.54, 1.807) is 6.26 Å². The lowest BCUT2D eigenvalue weighted by molar-refractivity contribution is -0.131. The van der Waals surface area contributed by atoms with Crippen LogP contribution in [0.2, 0.25) is 5.02 Å². The lowest BCUT2D eigenvalue weighted by Crippen LogP contribution is -2.31. The van der Waals surface area contributed by atoms with Gasteiger partial charge in [0, 0.05) is 29.1 Å². The molecule has 0 fully saturated rings. The fourth-order valence-corrected chi connectivity index (χ4v) is 4.00. The molecule has 0 bridgehead atoms. The zero-order valence-electron chi connectivity index (χ0n) is 17.2. The molecule has 4 aromatic rings. The topological polar surface area (TPSA) is 33.5 Å². The van der Waals surface area contributed by atoms with E-state index in [0.29, 0.717) is 13.1 Å². The fourth-order valence-electron chi connectivity index (χ4n) is 3.85. The third kappa shape index (κ3) is 4.27. The zero-order valence-corrected chi connectivity index (χ0v) is 17.9. The molecule has 0 N–H and O–H groups in total. The standard InChI is InChI=1S/C26H24ClNO2/c1-18-13-23-25(19(2)26(18)27)22(17-30-23)14-24(29)28(15-20-9-5-3-6-10-20)16-21-11-7-4-8-12-21/h3-13,17H,14-16H2,1-2H3. The molecule has 0 atom stereocenters. The number of benzene rings is 3. The Kier molecular flexibility index (Phi) is 5.91. The summed E-state index contributed by atoms with van der Waals surface area (Å²) >= 11 is 6.46. The van der Waals surface area contributed by atoms with E-state index in [2.05, 4.69) is 0 Å². The van der Waals surface area contributed by atoms with E-state index in [9.17, 15) is 4.79 Å². The van der Waals surface area contributed by atoms with Crippen LogP contribution in [-0.4, -0.2) is 10.8 Å². The van der Waals surface area contributed by atoms with Gasteiger partial charge in [-0.3, -0.25) is 4.79 Å². The van der Waals surface area contributed by atoms with Gasteiger partial charge in [-0.05, 0) is 42.2 Å². The van der Waals surface area contributed by atoms with Crippen molar-refractivity contribution in [1.29, 1.82) is 0 Å². The average Bonchev–Trinajstić information content (AvgIpc) is 3.15. The van der Waals surface area contributed by atoms with Crippen molar-refractivity contribution in [3.63, 3.8) is 0 Å².